The van der Waals surface area contributed by atoms with Gasteiger partial charge in [0.25, 0.3) is 0 Å². The molecule has 0 spiro atoms. The number of benzene rings is 1. The quantitative estimate of drug-likeness (QED) is 0.444. The third-order valence-electron chi connectivity index (χ3n) is 1.68. The van der Waals surface area contributed by atoms with Crippen molar-refractivity contribution in [2.45, 2.75) is 0 Å². The summed E-state index contributed by atoms with van der Waals surface area (Å²) in [5.41, 5.74) is 0.662. The van der Waals surface area contributed by atoms with Crippen molar-refractivity contribution in [3.05, 3.63) is 36.5 Å². The molecule has 2 aromatic rings. The fourth-order valence-corrected chi connectivity index (χ4v) is 1.10. The molecule has 0 aliphatic heterocycles. The van der Waals surface area contributed by atoms with Crippen LogP contribution in [0.15, 0.2) is 36.5 Å². The minimum atomic E-state index is 0. The van der Waals surface area contributed by atoms with Crippen molar-refractivity contribution < 1.29 is 45.5 Å². The van der Waals surface area contributed by atoms with Gasteiger partial charge in [0.05, 0.1) is 0 Å². The van der Waals surface area contributed by atoms with Gasteiger partial charge in [-0.05, 0) is 18.6 Å². The molecule has 17 heavy (non-hydrogen) atoms. The van der Waals surface area contributed by atoms with Gasteiger partial charge < -0.3 is 14.8 Å². The van der Waals surface area contributed by atoms with Gasteiger partial charge in [0.2, 0.25) is 0 Å². The number of aromatic nitrogens is 1. The number of rotatable bonds is 2. The van der Waals surface area contributed by atoms with Crippen molar-refractivity contribution in [3.63, 3.8) is 0 Å². The molecule has 0 aliphatic rings. The standard InChI is InChI=1S/C9H7NO.CHO4.Re/c11-8-5-1-3-7-4-2-6-10-9(7)8;2-1-4-5-3;/h1-6,11H;3H;/q;-1;. The largest absolute Gasteiger partial charge is 0.506 e. The molecule has 0 amide bonds. The zero-order valence-electron chi connectivity index (χ0n) is 8.41. The van der Waals surface area contributed by atoms with E-state index in [0.29, 0.717) is 5.52 Å². The topological polar surface area (TPSA) is 88.9 Å². The molecule has 0 bridgehead atoms. The molecule has 0 saturated carbocycles. The van der Waals surface area contributed by atoms with Gasteiger partial charge in [-0.2, -0.15) is 0 Å². The van der Waals surface area contributed by atoms with E-state index in [0.717, 1.165) is 11.9 Å². The summed E-state index contributed by atoms with van der Waals surface area (Å²) in [4.78, 5) is 15.9. The number of aromatic hydroxyl groups is 1. The van der Waals surface area contributed by atoms with Gasteiger partial charge >= 0.3 is 0 Å². The normalized spacial score (nSPS) is 8.53. The van der Waals surface area contributed by atoms with Crippen molar-refractivity contribution in [2.24, 2.45) is 0 Å². The van der Waals surface area contributed by atoms with Crippen molar-refractivity contribution in [2.75, 3.05) is 0 Å². The number of nitrogens with zero attached hydrogens (tertiary/aromatic N) is 1. The summed E-state index contributed by atoms with van der Waals surface area (Å²) in [5, 5.41) is 20.1. The van der Waals surface area contributed by atoms with Gasteiger partial charge in [-0.25, -0.2) is 5.26 Å². The smallest absolute Gasteiger partial charge is 0.141 e. The van der Waals surface area contributed by atoms with E-state index in [-0.39, 0.29) is 26.2 Å². The monoisotopic (exact) mass is 409 g/mol. The van der Waals surface area contributed by atoms with E-state index in [4.69, 9.17) is 10.1 Å². The molecule has 91 valence electrons. The molecule has 0 fully saturated rings. The number of hydrogen-bond acceptors (Lipinski definition) is 6. The van der Waals surface area contributed by atoms with Gasteiger partial charge in [-0.1, -0.05) is 23.2 Å². The van der Waals surface area contributed by atoms with E-state index >= 15 is 0 Å². The Kier molecular flexibility index (Phi) is 7.84. The Morgan fingerprint density at radius 2 is 1.94 bits per heavy atom. The maximum atomic E-state index is 9.31. The van der Waals surface area contributed by atoms with Crippen LogP contribution in [0.4, 0.5) is 0 Å². The Morgan fingerprint density at radius 1 is 1.24 bits per heavy atom. The first-order chi connectivity index (χ1) is 7.79. The first-order valence-electron chi connectivity index (χ1n) is 4.16. The summed E-state index contributed by atoms with van der Waals surface area (Å²) in [5.74, 6) is 0.239. The molecule has 7 heteroatoms. The third kappa shape index (κ3) is 4.89. The van der Waals surface area contributed by atoms with Gasteiger partial charge in [0, 0.05) is 32.0 Å². The van der Waals surface area contributed by atoms with Crippen LogP contribution in [-0.4, -0.2) is 21.8 Å². The molecular weight excluding hydrogens is 400 g/mol. The van der Waals surface area contributed by atoms with Crippen LogP contribution < -0.4 is 0 Å². The summed E-state index contributed by atoms with van der Waals surface area (Å²) in [6, 6.07) is 9.13. The number of hydrogen-bond donors (Lipinski definition) is 2. The molecule has 2 N–H and O–H groups in total. The predicted molar refractivity (Wildman–Crippen MR) is 53.9 cm³/mol. The molecule has 1 radical (unpaired) electrons. The number of phenols is 1. The Hall–Kier alpha value is -1.52. The minimum Gasteiger partial charge on any atom is -0.506 e. The maximum Gasteiger partial charge on any atom is 0.141 e. The van der Waals surface area contributed by atoms with Gasteiger partial charge in [0.15, 0.2) is 0 Å². The van der Waals surface area contributed by atoms with E-state index in [9.17, 15) is 5.11 Å². The summed E-state index contributed by atoms with van der Waals surface area (Å²) in [6.07, 6.45) is 1.67. The van der Waals surface area contributed by atoms with E-state index in [1.165, 1.54) is 0 Å². The molecule has 0 atom stereocenters. The van der Waals surface area contributed by atoms with Crippen molar-refractivity contribution in [3.8, 4) is 5.75 Å². The van der Waals surface area contributed by atoms with Crippen molar-refractivity contribution in [1.82, 2.24) is 4.98 Å². The second-order valence-corrected chi connectivity index (χ2v) is 2.59. The van der Waals surface area contributed by atoms with Crippen LogP contribution in [-0.2, 0) is 35.1 Å². The second-order valence-electron chi connectivity index (χ2n) is 2.59. The molecule has 1 aromatic heterocycles. The van der Waals surface area contributed by atoms with Crippen LogP contribution in [0.5, 0.6) is 5.75 Å². The number of carbonyl (C=O) groups excluding carboxylic acids is 1. The van der Waals surface area contributed by atoms with E-state index in [1.807, 2.05) is 18.2 Å². The minimum absolute atomic E-state index is 0. The Balaban J connectivity index is 0.000000373. The van der Waals surface area contributed by atoms with Crippen molar-refractivity contribution in [1.29, 1.82) is 0 Å². The first kappa shape index (κ1) is 15.5. The van der Waals surface area contributed by atoms with Gasteiger partial charge in [-0.3, -0.25) is 4.98 Å². The molecule has 0 saturated heterocycles. The third-order valence-corrected chi connectivity index (χ3v) is 1.68. The molecule has 1 heterocycles. The van der Waals surface area contributed by atoms with Crippen LogP contribution in [0.25, 0.3) is 10.9 Å². The fraction of sp³-hybridized carbons (Fsp3) is 0. The van der Waals surface area contributed by atoms with E-state index < -0.39 is 0 Å². The number of para-hydroxylation sites is 1. The Labute approximate surface area is 110 Å². The molecule has 6 nitrogen and oxygen atoms in total. The molecule has 1 aromatic carbocycles. The summed E-state index contributed by atoms with van der Waals surface area (Å²) in [6.45, 7) is 0.795. The summed E-state index contributed by atoms with van der Waals surface area (Å²) < 4.78 is 0. The molecular formula is C10H8NO5Re-. The Bertz CT molecular complexity index is 460. The van der Waals surface area contributed by atoms with Crippen LogP contribution in [0.3, 0.4) is 0 Å². The van der Waals surface area contributed by atoms with E-state index in [1.54, 1.807) is 18.3 Å². The molecule has 0 aliphatic carbocycles. The SMILES string of the molecule is O=[C-]OOO.Oc1cccc2cccnc12.[Re]. The van der Waals surface area contributed by atoms with Crippen LogP contribution in [0.2, 0.25) is 0 Å². The zero-order valence-corrected chi connectivity index (χ0v) is 11.1. The molecule has 0 unspecified atom stereocenters. The average Bonchev–Trinajstić information content (AvgIpc) is 2.32. The Morgan fingerprint density at radius 3 is 2.47 bits per heavy atom. The van der Waals surface area contributed by atoms with Crippen LogP contribution in [0, 0.1) is 0 Å². The number of pyridine rings is 1. The first-order valence-corrected chi connectivity index (χ1v) is 4.16. The van der Waals surface area contributed by atoms with Gasteiger partial charge in [-0.15, -0.1) is 0 Å². The number of phenolic OH excluding ortho intramolecular Hbond substituents is 1. The van der Waals surface area contributed by atoms with Crippen LogP contribution >= 0.6 is 0 Å². The number of fused-ring (bicyclic) bond motifs is 1. The van der Waals surface area contributed by atoms with E-state index in [2.05, 4.69) is 14.9 Å². The van der Waals surface area contributed by atoms with Crippen LogP contribution in [0.1, 0.15) is 0 Å². The molecule has 2 rings (SSSR count). The maximum absolute atomic E-state index is 9.31. The zero-order chi connectivity index (χ0) is 11.8. The van der Waals surface area contributed by atoms with Crippen molar-refractivity contribution >= 4 is 17.4 Å². The fourth-order valence-electron chi connectivity index (χ4n) is 1.10. The predicted octanol–water partition coefficient (Wildman–Crippen LogP) is 1.41. The second kappa shape index (κ2) is 8.61. The summed E-state index contributed by atoms with van der Waals surface area (Å²) >= 11 is 0. The van der Waals surface area contributed by atoms with Gasteiger partial charge in [0.1, 0.15) is 11.3 Å². The summed E-state index contributed by atoms with van der Waals surface area (Å²) in [7, 11) is 0. The average molecular weight is 408 g/mol.